The maximum absolute atomic E-state index is 5.51. The minimum atomic E-state index is 0.177. The van der Waals surface area contributed by atoms with Gasteiger partial charge in [-0.15, -0.1) is 11.3 Å². The minimum Gasteiger partial charge on any atom is -0.362 e. The Labute approximate surface area is 82.1 Å². The summed E-state index contributed by atoms with van der Waals surface area (Å²) >= 11 is 1.68. The van der Waals surface area contributed by atoms with Gasteiger partial charge in [0.1, 0.15) is 11.2 Å². The summed E-state index contributed by atoms with van der Waals surface area (Å²) in [5.74, 6) is 0. The van der Waals surface area contributed by atoms with E-state index in [0.29, 0.717) is 0 Å². The highest BCUT2D eigenvalue weighted by atomic mass is 32.1. The van der Waals surface area contributed by atoms with Crippen molar-refractivity contribution in [1.82, 2.24) is 5.43 Å². The molecule has 2 N–H and O–H groups in total. The predicted molar refractivity (Wildman–Crippen MR) is 54.7 cm³/mol. The van der Waals surface area contributed by atoms with Crippen LogP contribution < -0.4 is 10.9 Å². The molecule has 1 aromatic heterocycles. The highest BCUT2D eigenvalue weighted by Gasteiger charge is 2.12. The Morgan fingerprint density at radius 1 is 1.46 bits per heavy atom. The van der Waals surface area contributed by atoms with Crippen LogP contribution in [0.2, 0.25) is 0 Å². The van der Waals surface area contributed by atoms with Gasteiger partial charge >= 0.3 is 0 Å². The quantitative estimate of drug-likeness (QED) is 0.730. The molecule has 0 bridgehead atoms. The van der Waals surface area contributed by atoms with Gasteiger partial charge in [0.05, 0.1) is 0 Å². The van der Waals surface area contributed by atoms with Crippen molar-refractivity contribution < 1.29 is 4.74 Å². The molecular formula is C9H14N2OS. The molecule has 4 heteroatoms. The van der Waals surface area contributed by atoms with Crippen LogP contribution in [0.5, 0.6) is 0 Å². The van der Waals surface area contributed by atoms with E-state index in [1.807, 2.05) is 17.5 Å². The summed E-state index contributed by atoms with van der Waals surface area (Å²) in [6.07, 6.45) is 3.72. The van der Waals surface area contributed by atoms with Crippen molar-refractivity contribution in [3.05, 3.63) is 17.5 Å². The number of thiophene rings is 1. The van der Waals surface area contributed by atoms with Gasteiger partial charge in [0, 0.05) is 6.61 Å². The molecule has 0 amide bonds. The van der Waals surface area contributed by atoms with Crippen molar-refractivity contribution in [1.29, 1.82) is 0 Å². The number of ether oxygens (including phenoxy) is 1. The van der Waals surface area contributed by atoms with Gasteiger partial charge in [-0.1, -0.05) is 0 Å². The molecule has 0 aromatic carbocycles. The van der Waals surface area contributed by atoms with Gasteiger partial charge in [0.25, 0.3) is 0 Å². The Bertz CT molecular complexity index is 232. The van der Waals surface area contributed by atoms with Crippen LogP contribution in [-0.2, 0) is 4.74 Å². The van der Waals surface area contributed by atoms with Gasteiger partial charge in [-0.2, -0.15) is 0 Å². The molecule has 1 aromatic rings. The minimum absolute atomic E-state index is 0.177. The summed E-state index contributed by atoms with van der Waals surface area (Å²) in [4.78, 5) is 0. The van der Waals surface area contributed by atoms with Crippen LogP contribution in [0.25, 0.3) is 0 Å². The van der Waals surface area contributed by atoms with Crippen LogP contribution in [-0.4, -0.2) is 12.8 Å². The fourth-order valence-electron chi connectivity index (χ4n) is 1.36. The van der Waals surface area contributed by atoms with Crippen molar-refractivity contribution in [3.8, 4) is 0 Å². The fourth-order valence-corrected chi connectivity index (χ4v) is 1.93. The second-order valence-electron chi connectivity index (χ2n) is 3.10. The van der Waals surface area contributed by atoms with Crippen molar-refractivity contribution in [2.75, 3.05) is 12.0 Å². The highest BCUT2D eigenvalue weighted by Crippen LogP contribution is 2.15. The topological polar surface area (TPSA) is 33.3 Å². The van der Waals surface area contributed by atoms with Crippen LogP contribution in [0, 0.1) is 0 Å². The van der Waals surface area contributed by atoms with Crippen LogP contribution in [0.3, 0.4) is 0 Å². The summed E-state index contributed by atoms with van der Waals surface area (Å²) in [5.41, 5.74) is 6.30. The van der Waals surface area contributed by atoms with Gasteiger partial charge in [-0.3, -0.25) is 0 Å². The average Bonchev–Trinajstić information content (AvgIpc) is 2.69. The van der Waals surface area contributed by atoms with Gasteiger partial charge < -0.3 is 10.2 Å². The molecule has 2 heterocycles. The molecule has 72 valence electrons. The van der Waals surface area contributed by atoms with Crippen LogP contribution in [0.4, 0.5) is 5.00 Å². The van der Waals surface area contributed by atoms with Crippen LogP contribution in [0.15, 0.2) is 17.5 Å². The largest absolute Gasteiger partial charge is 0.362 e. The average molecular weight is 198 g/mol. The van der Waals surface area contributed by atoms with E-state index in [1.54, 1.807) is 11.3 Å². The summed E-state index contributed by atoms with van der Waals surface area (Å²) in [7, 11) is 0. The zero-order valence-corrected chi connectivity index (χ0v) is 8.27. The van der Waals surface area contributed by atoms with E-state index in [9.17, 15) is 0 Å². The van der Waals surface area contributed by atoms with Gasteiger partial charge in [-0.05, 0) is 36.8 Å². The van der Waals surface area contributed by atoms with Crippen molar-refractivity contribution in [2.24, 2.45) is 0 Å². The van der Waals surface area contributed by atoms with Crippen LogP contribution in [0.1, 0.15) is 19.3 Å². The van der Waals surface area contributed by atoms with Gasteiger partial charge in [0.2, 0.25) is 0 Å². The standard InChI is InChI=1S/C9H14N2OS/c1-2-6-12-8(4-1)10-11-9-5-3-7-13-9/h3,5,7-8,10-11H,1-2,4,6H2. The van der Waals surface area contributed by atoms with Crippen LogP contribution >= 0.6 is 11.3 Å². The van der Waals surface area contributed by atoms with Crippen molar-refractivity contribution >= 4 is 16.3 Å². The maximum Gasteiger partial charge on any atom is 0.124 e. The number of hydrogen-bond donors (Lipinski definition) is 2. The number of rotatable bonds is 3. The maximum atomic E-state index is 5.51. The fraction of sp³-hybridized carbons (Fsp3) is 0.556. The first-order valence-corrected chi connectivity index (χ1v) is 5.50. The molecule has 0 aliphatic carbocycles. The third kappa shape index (κ3) is 2.69. The second kappa shape index (κ2) is 4.60. The summed E-state index contributed by atoms with van der Waals surface area (Å²) in [5, 5.41) is 3.18. The van der Waals surface area contributed by atoms with E-state index in [1.165, 1.54) is 12.8 Å². The lowest BCUT2D eigenvalue weighted by Gasteiger charge is -2.23. The molecule has 1 saturated heterocycles. The van der Waals surface area contributed by atoms with Gasteiger partial charge in [-0.25, -0.2) is 5.43 Å². The SMILES string of the molecule is c1csc(NNC2CCCCO2)c1. The Morgan fingerprint density at radius 3 is 3.15 bits per heavy atom. The Balaban J connectivity index is 1.72. The lowest BCUT2D eigenvalue weighted by molar-refractivity contribution is -0.000450. The number of hydrazine groups is 1. The Kier molecular flexibility index (Phi) is 3.18. The highest BCUT2D eigenvalue weighted by molar-refractivity contribution is 7.14. The first-order valence-electron chi connectivity index (χ1n) is 4.62. The molecule has 3 nitrogen and oxygen atoms in total. The molecule has 1 fully saturated rings. The lowest BCUT2D eigenvalue weighted by Crippen LogP contribution is -2.38. The third-order valence-corrected chi connectivity index (χ3v) is 2.84. The Hall–Kier alpha value is -0.580. The molecule has 1 aliphatic heterocycles. The summed E-state index contributed by atoms with van der Waals surface area (Å²) in [6.45, 7) is 0.879. The third-order valence-electron chi connectivity index (χ3n) is 2.06. The van der Waals surface area contributed by atoms with E-state index < -0.39 is 0 Å². The van der Waals surface area contributed by atoms with Crippen molar-refractivity contribution in [2.45, 2.75) is 25.5 Å². The number of hydrogen-bond acceptors (Lipinski definition) is 4. The zero-order chi connectivity index (χ0) is 8.93. The number of nitrogens with one attached hydrogen (secondary N) is 2. The number of anilines is 1. The summed E-state index contributed by atoms with van der Waals surface area (Å²) in [6, 6.07) is 4.07. The smallest absolute Gasteiger partial charge is 0.124 e. The molecule has 0 spiro atoms. The molecule has 1 unspecified atom stereocenters. The summed E-state index contributed by atoms with van der Waals surface area (Å²) < 4.78 is 5.51. The molecule has 13 heavy (non-hydrogen) atoms. The van der Waals surface area contributed by atoms with E-state index >= 15 is 0 Å². The molecule has 1 atom stereocenters. The van der Waals surface area contributed by atoms with E-state index in [2.05, 4.69) is 10.9 Å². The molecule has 2 rings (SSSR count). The van der Waals surface area contributed by atoms with Crippen molar-refractivity contribution in [3.63, 3.8) is 0 Å². The second-order valence-corrected chi connectivity index (χ2v) is 4.05. The predicted octanol–water partition coefficient (Wildman–Crippen LogP) is 2.19. The first-order chi connectivity index (χ1) is 6.45. The lowest BCUT2D eigenvalue weighted by atomic mass is 10.2. The zero-order valence-electron chi connectivity index (χ0n) is 7.45. The van der Waals surface area contributed by atoms with E-state index in [-0.39, 0.29) is 6.23 Å². The molecule has 0 radical (unpaired) electrons. The Morgan fingerprint density at radius 2 is 2.46 bits per heavy atom. The normalized spacial score (nSPS) is 22.9. The molecule has 1 aliphatic rings. The van der Waals surface area contributed by atoms with E-state index in [4.69, 9.17) is 4.74 Å². The molecule has 0 saturated carbocycles. The molecular weight excluding hydrogens is 184 g/mol. The van der Waals surface area contributed by atoms with E-state index in [0.717, 1.165) is 18.0 Å². The monoisotopic (exact) mass is 198 g/mol. The van der Waals surface area contributed by atoms with Gasteiger partial charge in [0.15, 0.2) is 0 Å². The first kappa shape index (κ1) is 8.99.